The van der Waals surface area contributed by atoms with E-state index in [0.29, 0.717) is 18.8 Å². The molecule has 0 radical (unpaired) electrons. The van der Waals surface area contributed by atoms with Crippen LogP contribution in [-0.2, 0) is 14.0 Å². The highest BCUT2D eigenvalue weighted by Gasteiger charge is 2.52. The lowest BCUT2D eigenvalue weighted by Gasteiger charge is -2.32. The van der Waals surface area contributed by atoms with Gasteiger partial charge in [-0.15, -0.1) is 0 Å². The summed E-state index contributed by atoms with van der Waals surface area (Å²) in [4.78, 5) is 13.7. The van der Waals surface area contributed by atoms with Gasteiger partial charge in [-0.1, -0.05) is 6.58 Å². The second-order valence-electron chi connectivity index (χ2n) is 8.13. The van der Waals surface area contributed by atoms with Crippen molar-refractivity contribution < 1.29 is 18.8 Å². The predicted molar refractivity (Wildman–Crippen MR) is 99.1 cm³/mol. The number of ether oxygens (including phenoxy) is 1. The summed E-state index contributed by atoms with van der Waals surface area (Å²) in [5.41, 5.74) is 0.191. The fraction of sp³-hybridized carbons (Fsp3) is 0.667. The van der Waals surface area contributed by atoms with Crippen LogP contribution < -0.4 is 5.46 Å². The second kappa shape index (κ2) is 6.74. The lowest BCUT2D eigenvalue weighted by molar-refractivity contribution is 0.00578. The van der Waals surface area contributed by atoms with E-state index in [1.807, 2.05) is 44.8 Å². The molecule has 0 N–H and O–H groups in total. The summed E-state index contributed by atoms with van der Waals surface area (Å²) < 4.78 is 19.2. The van der Waals surface area contributed by atoms with E-state index in [1.165, 1.54) is 0 Å². The molecule has 0 saturated carbocycles. The van der Waals surface area contributed by atoms with Gasteiger partial charge in [0, 0.05) is 30.9 Å². The molecule has 3 heterocycles. The zero-order chi connectivity index (χ0) is 19.1. The van der Waals surface area contributed by atoms with E-state index in [1.54, 1.807) is 11.8 Å². The van der Waals surface area contributed by atoms with Crippen LogP contribution in [-0.4, -0.2) is 52.2 Å². The van der Waals surface area contributed by atoms with E-state index in [4.69, 9.17) is 14.0 Å². The summed E-state index contributed by atoms with van der Waals surface area (Å²) in [6, 6.07) is 0.250. The van der Waals surface area contributed by atoms with Crippen molar-refractivity contribution in [2.45, 2.75) is 64.7 Å². The number of aromatic nitrogens is 2. The molecule has 1 amide bonds. The normalized spacial score (nSPS) is 22.5. The first-order valence-corrected chi connectivity index (χ1v) is 9.11. The Morgan fingerprint density at radius 1 is 1.27 bits per heavy atom. The predicted octanol–water partition coefficient (Wildman–Crippen LogP) is 2.49. The summed E-state index contributed by atoms with van der Waals surface area (Å²) in [6.45, 7) is 14.7. The largest absolute Gasteiger partial charge is 0.498 e. The van der Waals surface area contributed by atoms with Gasteiger partial charge in [-0.2, -0.15) is 5.10 Å². The Hall–Kier alpha value is -1.80. The molecule has 0 atom stereocenters. The van der Waals surface area contributed by atoms with Gasteiger partial charge in [0.2, 0.25) is 0 Å². The molecule has 2 saturated heterocycles. The van der Waals surface area contributed by atoms with E-state index in [9.17, 15) is 4.79 Å². The van der Waals surface area contributed by atoms with Crippen LogP contribution in [0.1, 0.15) is 53.5 Å². The van der Waals surface area contributed by atoms with Gasteiger partial charge in [0.05, 0.1) is 23.0 Å². The molecule has 2 aliphatic heterocycles. The van der Waals surface area contributed by atoms with Gasteiger partial charge in [0.25, 0.3) is 0 Å². The SMILES string of the molecule is C=C(C)OC(=O)N1CCC(n2cc(B3OC(C)(C)C(C)(C)O3)cn2)CC1. The lowest BCUT2D eigenvalue weighted by Crippen LogP contribution is -2.41. The van der Waals surface area contributed by atoms with Crippen molar-refractivity contribution in [3.63, 3.8) is 0 Å². The molecule has 0 bridgehead atoms. The minimum Gasteiger partial charge on any atom is -0.416 e. The molecule has 0 aromatic carbocycles. The summed E-state index contributed by atoms with van der Waals surface area (Å²) in [5, 5.41) is 4.51. The first kappa shape index (κ1) is 19.0. The summed E-state index contributed by atoms with van der Waals surface area (Å²) in [7, 11) is -0.403. The van der Waals surface area contributed by atoms with Gasteiger partial charge < -0.3 is 18.9 Å². The molecule has 26 heavy (non-hydrogen) atoms. The number of rotatable bonds is 3. The standard InChI is InChI=1S/C18H28BN3O4/c1-13(2)24-16(23)21-9-7-15(8-10-21)22-12-14(11-20-22)19-25-17(3,4)18(5,6)26-19/h11-12,15H,1,7-10H2,2-6H3. The van der Waals surface area contributed by atoms with Crippen LogP contribution in [0.2, 0.25) is 0 Å². The second-order valence-corrected chi connectivity index (χ2v) is 8.13. The minimum absolute atomic E-state index is 0.250. The fourth-order valence-corrected chi connectivity index (χ4v) is 3.18. The zero-order valence-corrected chi connectivity index (χ0v) is 16.3. The Morgan fingerprint density at radius 2 is 1.85 bits per heavy atom. The highest BCUT2D eigenvalue weighted by atomic mass is 16.7. The first-order chi connectivity index (χ1) is 12.1. The van der Waals surface area contributed by atoms with E-state index < -0.39 is 7.12 Å². The highest BCUT2D eigenvalue weighted by Crippen LogP contribution is 2.36. The van der Waals surface area contributed by atoms with Crippen LogP contribution in [0, 0.1) is 0 Å². The number of allylic oxidation sites excluding steroid dienone is 1. The molecule has 3 rings (SSSR count). The molecule has 2 fully saturated rings. The van der Waals surface area contributed by atoms with Crippen LogP contribution in [0.15, 0.2) is 24.7 Å². The van der Waals surface area contributed by atoms with Gasteiger partial charge in [0.15, 0.2) is 0 Å². The smallest absolute Gasteiger partial charge is 0.416 e. The molecule has 0 aliphatic carbocycles. The van der Waals surface area contributed by atoms with Crippen molar-refractivity contribution in [1.82, 2.24) is 14.7 Å². The number of carbonyl (C=O) groups excluding carboxylic acids is 1. The van der Waals surface area contributed by atoms with E-state index in [0.717, 1.165) is 18.3 Å². The molecular formula is C18H28BN3O4. The Labute approximate surface area is 155 Å². The molecule has 0 spiro atoms. The molecule has 1 aromatic rings. The van der Waals surface area contributed by atoms with Crippen LogP contribution in [0.3, 0.4) is 0 Å². The van der Waals surface area contributed by atoms with Gasteiger partial charge in [-0.3, -0.25) is 4.68 Å². The van der Waals surface area contributed by atoms with E-state index >= 15 is 0 Å². The van der Waals surface area contributed by atoms with E-state index in [-0.39, 0.29) is 23.3 Å². The Morgan fingerprint density at radius 3 is 2.38 bits per heavy atom. The lowest BCUT2D eigenvalue weighted by atomic mass is 9.82. The Kier molecular flexibility index (Phi) is 4.92. The molecule has 0 unspecified atom stereocenters. The third kappa shape index (κ3) is 3.66. The first-order valence-electron chi connectivity index (χ1n) is 9.11. The third-order valence-electron chi connectivity index (χ3n) is 5.51. The molecule has 8 heteroatoms. The zero-order valence-electron chi connectivity index (χ0n) is 16.3. The van der Waals surface area contributed by atoms with Crippen molar-refractivity contribution in [3.05, 3.63) is 24.7 Å². The number of piperidine rings is 1. The molecule has 1 aromatic heterocycles. The van der Waals surface area contributed by atoms with Gasteiger partial charge in [-0.05, 0) is 47.5 Å². The number of nitrogens with zero attached hydrogens (tertiary/aromatic N) is 3. The van der Waals surface area contributed by atoms with Crippen molar-refractivity contribution in [1.29, 1.82) is 0 Å². The number of amides is 1. The third-order valence-corrected chi connectivity index (χ3v) is 5.51. The van der Waals surface area contributed by atoms with Crippen LogP contribution in [0.5, 0.6) is 0 Å². The average molecular weight is 361 g/mol. The number of hydrogen-bond acceptors (Lipinski definition) is 5. The fourth-order valence-electron chi connectivity index (χ4n) is 3.18. The minimum atomic E-state index is -0.403. The molecule has 2 aliphatic rings. The summed E-state index contributed by atoms with van der Waals surface area (Å²) in [6.07, 6.45) is 5.14. The van der Waals surface area contributed by atoms with Crippen molar-refractivity contribution >= 4 is 18.7 Å². The van der Waals surface area contributed by atoms with Crippen LogP contribution >= 0.6 is 0 Å². The van der Waals surface area contributed by atoms with Crippen molar-refractivity contribution in [3.8, 4) is 0 Å². The van der Waals surface area contributed by atoms with Gasteiger partial charge >= 0.3 is 13.2 Å². The summed E-state index contributed by atoms with van der Waals surface area (Å²) in [5.74, 6) is 0.413. The number of likely N-dealkylation sites (tertiary alicyclic amines) is 1. The topological polar surface area (TPSA) is 65.8 Å². The molecule has 142 valence electrons. The van der Waals surface area contributed by atoms with Crippen LogP contribution in [0.4, 0.5) is 4.79 Å². The molecular weight excluding hydrogens is 333 g/mol. The molecule has 7 nitrogen and oxygen atoms in total. The number of hydrogen-bond donors (Lipinski definition) is 0. The average Bonchev–Trinajstić information content (AvgIpc) is 3.10. The van der Waals surface area contributed by atoms with Crippen molar-refractivity contribution in [2.75, 3.05) is 13.1 Å². The maximum absolute atomic E-state index is 11.9. The van der Waals surface area contributed by atoms with E-state index in [2.05, 4.69) is 11.7 Å². The quantitative estimate of drug-likeness (QED) is 0.611. The highest BCUT2D eigenvalue weighted by molar-refractivity contribution is 6.62. The van der Waals surface area contributed by atoms with Crippen molar-refractivity contribution in [2.24, 2.45) is 0 Å². The summed E-state index contributed by atoms with van der Waals surface area (Å²) >= 11 is 0. The Balaban J connectivity index is 1.60. The monoisotopic (exact) mass is 361 g/mol. The maximum Gasteiger partial charge on any atom is 0.498 e. The number of carbonyl (C=O) groups is 1. The van der Waals surface area contributed by atoms with Gasteiger partial charge in [-0.25, -0.2) is 4.79 Å². The maximum atomic E-state index is 11.9. The van der Waals surface area contributed by atoms with Crippen LogP contribution in [0.25, 0.3) is 0 Å². The Bertz CT molecular complexity index is 676. The van der Waals surface area contributed by atoms with Gasteiger partial charge in [0.1, 0.15) is 0 Å².